The minimum Gasteiger partial charge on any atom is -0.508 e. The van der Waals surface area contributed by atoms with Gasteiger partial charge in [0.05, 0.1) is 0 Å². The van der Waals surface area contributed by atoms with Gasteiger partial charge in [0.1, 0.15) is 5.75 Å². The quantitative estimate of drug-likeness (QED) is 0.653. The van der Waals surface area contributed by atoms with E-state index in [1.165, 1.54) is 0 Å². The Kier molecular flexibility index (Phi) is 2.27. The van der Waals surface area contributed by atoms with Crippen LogP contribution in [-0.2, 0) is 0 Å². The van der Waals surface area contributed by atoms with Crippen LogP contribution in [0.5, 0.6) is 5.75 Å². The van der Waals surface area contributed by atoms with Crippen molar-refractivity contribution in [1.82, 2.24) is 0 Å². The molecule has 0 heterocycles. The van der Waals surface area contributed by atoms with Gasteiger partial charge in [-0.3, -0.25) is 0 Å². The number of hydrogen-bond acceptors (Lipinski definition) is 2. The Labute approximate surface area is 87.4 Å². The summed E-state index contributed by atoms with van der Waals surface area (Å²) in [5.74, 6) is 5.28. The molecule has 0 radical (unpaired) electrons. The summed E-state index contributed by atoms with van der Waals surface area (Å²) in [7, 11) is 0. The first-order valence-electron chi connectivity index (χ1n) is 4.42. The summed E-state index contributed by atoms with van der Waals surface area (Å²) in [5.41, 5.74) is 0.773. The molecule has 2 aromatic rings. The maximum atomic E-state index is 9.31. The maximum absolute atomic E-state index is 9.31. The van der Waals surface area contributed by atoms with Crippen LogP contribution in [0.3, 0.4) is 0 Å². The van der Waals surface area contributed by atoms with Gasteiger partial charge in [-0.05, 0) is 35.0 Å². The molecule has 70 valence electrons. The van der Waals surface area contributed by atoms with E-state index < -0.39 is 0 Å². The lowest BCUT2D eigenvalue weighted by atomic mass is 10.1. The van der Waals surface area contributed by atoms with E-state index in [0.29, 0.717) is 0 Å². The van der Waals surface area contributed by atoms with E-state index in [-0.39, 0.29) is 5.75 Å². The first-order valence-corrected chi connectivity index (χ1v) is 4.42. The van der Waals surface area contributed by atoms with Crippen LogP contribution in [0.2, 0.25) is 0 Å². The van der Waals surface area contributed by atoms with Crippen LogP contribution in [0.25, 0.3) is 10.8 Å². The van der Waals surface area contributed by atoms with Gasteiger partial charge in [-0.2, -0.15) is 5.26 Å². The van der Waals surface area contributed by atoms with Gasteiger partial charge in [-0.15, -0.1) is 0 Å². The van der Waals surface area contributed by atoms with Gasteiger partial charge in [0.15, 0.2) is 6.07 Å². The molecular weight excluding hydrogens is 186 g/mol. The second-order valence-corrected chi connectivity index (χ2v) is 3.11. The summed E-state index contributed by atoms with van der Waals surface area (Å²) < 4.78 is 0. The Balaban J connectivity index is 2.60. The molecule has 0 spiro atoms. The fraction of sp³-hybridized carbons (Fsp3) is 0. The third kappa shape index (κ3) is 1.90. The van der Waals surface area contributed by atoms with Crippen molar-refractivity contribution in [3.05, 3.63) is 42.0 Å². The van der Waals surface area contributed by atoms with Gasteiger partial charge in [-0.1, -0.05) is 18.1 Å². The van der Waals surface area contributed by atoms with Crippen molar-refractivity contribution in [2.24, 2.45) is 0 Å². The molecule has 0 fully saturated rings. The molecule has 0 amide bonds. The smallest absolute Gasteiger partial charge is 0.152 e. The van der Waals surface area contributed by atoms with Crippen molar-refractivity contribution >= 4 is 10.8 Å². The summed E-state index contributed by atoms with van der Waals surface area (Å²) >= 11 is 0. The second-order valence-electron chi connectivity index (χ2n) is 3.11. The predicted octanol–water partition coefficient (Wildman–Crippen LogP) is 2.42. The average Bonchev–Trinajstić information content (AvgIpc) is 2.25. The number of phenolic OH excluding ortho intramolecular Hbond substituents is 1. The zero-order valence-corrected chi connectivity index (χ0v) is 7.86. The Morgan fingerprint density at radius 1 is 1.00 bits per heavy atom. The standard InChI is InChI=1S/C13H7NO/c14-7-1-2-10-3-4-11-5-6-13(15)9-12(11)8-10/h3-6,8-9,15H. The van der Waals surface area contributed by atoms with Gasteiger partial charge in [-0.25, -0.2) is 0 Å². The van der Waals surface area contributed by atoms with Crippen molar-refractivity contribution < 1.29 is 5.11 Å². The summed E-state index contributed by atoms with van der Waals surface area (Å²) in [6.07, 6.45) is 0. The molecule has 2 heteroatoms. The number of nitrogens with zero attached hydrogens (tertiary/aromatic N) is 1. The second kappa shape index (κ2) is 3.74. The lowest BCUT2D eigenvalue weighted by molar-refractivity contribution is 0.476. The average molecular weight is 193 g/mol. The van der Waals surface area contributed by atoms with E-state index >= 15 is 0 Å². The van der Waals surface area contributed by atoms with Crippen molar-refractivity contribution in [2.75, 3.05) is 0 Å². The molecule has 0 aliphatic rings. The van der Waals surface area contributed by atoms with Gasteiger partial charge in [0.2, 0.25) is 0 Å². The SMILES string of the molecule is N#CC#Cc1ccc2ccc(O)cc2c1. The molecule has 2 nitrogen and oxygen atoms in total. The fourth-order valence-electron chi connectivity index (χ4n) is 1.41. The minimum atomic E-state index is 0.230. The molecule has 1 N–H and O–H groups in total. The molecule has 0 atom stereocenters. The molecule has 0 bridgehead atoms. The zero-order chi connectivity index (χ0) is 10.7. The predicted molar refractivity (Wildman–Crippen MR) is 58.1 cm³/mol. The highest BCUT2D eigenvalue weighted by molar-refractivity contribution is 5.85. The van der Waals surface area contributed by atoms with Gasteiger partial charge in [0.25, 0.3) is 0 Å². The van der Waals surface area contributed by atoms with E-state index in [1.54, 1.807) is 18.2 Å². The van der Waals surface area contributed by atoms with Crippen molar-refractivity contribution in [3.8, 4) is 23.7 Å². The molecule has 2 rings (SSSR count). The van der Waals surface area contributed by atoms with Crippen LogP contribution >= 0.6 is 0 Å². The van der Waals surface area contributed by atoms with Crippen molar-refractivity contribution in [2.45, 2.75) is 0 Å². The minimum absolute atomic E-state index is 0.230. The van der Waals surface area contributed by atoms with Gasteiger partial charge >= 0.3 is 0 Å². The molecule has 15 heavy (non-hydrogen) atoms. The van der Waals surface area contributed by atoms with Crippen LogP contribution in [-0.4, -0.2) is 5.11 Å². The van der Waals surface area contributed by atoms with Crippen LogP contribution < -0.4 is 0 Å². The molecule has 0 aliphatic heterocycles. The Morgan fingerprint density at radius 3 is 2.60 bits per heavy atom. The largest absolute Gasteiger partial charge is 0.508 e. The summed E-state index contributed by atoms with van der Waals surface area (Å²) in [6.45, 7) is 0. The Hall–Kier alpha value is -2.45. The van der Waals surface area contributed by atoms with E-state index in [2.05, 4.69) is 11.8 Å². The number of benzene rings is 2. The monoisotopic (exact) mass is 193 g/mol. The van der Waals surface area contributed by atoms with E-state index in [4.69, 9.17) is 5.26 Å². The number of hydrogen-bond donors (Lipinski definition) is 1. The van der Waals surface area contributed by atoms with Gasteiger partial charge < -0.3 is 5.11 Å². The molecule has 0 aliphatic carbocycles. The van der Waals surface area contributed by atoms with Crippen molar-refractivity contribution in [3.63, 3.8) is 0 Å². The highest BCUT2D eigenvalue weighted by Gasteiger charge is 1.95. The molecule has 0 saturated heterocycles. The summed E-state index contributed by atoms with van der Waals surface area (Å²) in [4.78, 5) is 0. The number of phenols is 1. The normalized spacial score (nSPS) is 9.00. The number of nitriles is 1. The molecular formula is C13H7NO. The van der Waals surface area contributed by atoms with Crippen molar-refractivity contribution in [1.29, 1.82) is 5.26 Å². The zero-order valence-electron chi connectivity index (χ0n) is 7.86. The summed E-state index contributed by atoms with van der Waals surface area (Å²) in [6, 6.07) is 12.5. The number of aromatic hydroxyl groups is 1. The molecule has 0 saturated carbocycles. The third-order valence-corrected chi connectivity index (χ3v) is 2.09. The number of fused-ring (bicyclic) bond motifs is 1. The van der Waals surface area contributed by atoms with Crippen LogP contribution in [0, 0.1) is 23.2 Å². The molecule has 0 unspecified atom stereocenters. The molecule has 0 aromatic heterocycles. The Bertz CT molecular complexity index is 612. The lowest BCUT2D eigenvalue weighted by Crippen LogP contribution is -1.76. The third-order valence-electron chi connectivity index (χ3n) is 2.09. The fourth-order valence-corrected chi connectivity index (χ4v) is 1.41. The topological polar surface area (TPSA) is 44.0 Å². The highest BCUT2D eigenvalue weighted by Crippen LogP contribution is 2.20. The highest BCUT2D eigenvalue weighted by atomic mass is 16.3. The Morgan fingerprint density at radius 2 is 1.80 bits per heavy atom. The summed E-state index contributed by atoms with van der Waals surface area (Å²) in [5, 5.41) is 19.6. The number of rotatable bonds is 0. The van der Waals surface area contributed by atoms with Crippen LogP contribution in [0.1, 0.15) is 5.56 Å². The van der Waals surface area contributed by atoms with E-state index in [0.717, 1.165) is 16.3 Å². The van der Waals surface area contributed by atoms with E-state index in [9.17, 15) is 5.11 Å². The molecule has 2 aromatic carbocycles. The van der Waals surface area contributed by atoms with Gasteiger partial charge in [0, 0.05) is 11.5 Å². The van der Waals surface area contributed by atoms with Crippen LogP contribution in [0.4, 0.5) is 0 Å². The van der Waals surface area contributed by atoms with E-state index in [1.807, 2.05) is 24.3 Å². The lowest BCUT2D eigenvalue weighted by Gasteiger charge is -1.98. The maximum Gasteiger partial charge on any atom is 0.152 e. The van der Waals surface area contributed by atoms with Crippen LogP contribution in [0.15, 0.2) is 36.4 Å². The first-order chi connectivity index (χ1) is 7.29. The first kappa shape index (κ1) is 9.12.